The van der Waals surface area contributed by atoms with E-state index in [2.05, 4.69) is 9.97 Å². The molecule has 2 aromatic heterocycles. The van der Waals surface area contributed by atoms with Crippen LogP contribution in [0.15, 0.2) is 36.1 Å². The van der Waals surface area contributed by atoms with Gasteiger partial charge in [0.15, 0.2) is 0 Å². The zero-order valence-electron chi connectivity index (χ0n) is 11.6. The van der Waals surface area contributed by atoms with E-state index in [4.69, 9.17) is 4.74 Å². The van der Waals surface area contributed by atoms with Gasteiger partial charge in [-0.3, -0.25) is 14.8 Å². The second kappa shape index (κ2) is 6.78. The first-order valence-corrected chi connectivity index (χ1v) is 7.86. The molecule has 1 fully saturated rings. The normalized spacial score (nSPS) is 19.2. The van der Waals surface area contributed by atoms with Gasteiger partial charge >= 0.3 is 0 Å². The lowest BCUT2D eigenvalue weighted by atomic mass is 10.0. The van der Waals surface area contributed by atoms with Crippen molar-refractivity contribution in [2.45, 2.75) is 6.42 Å². The largest absolute Gasteiger partial charge is 0.379 e. The standard InChI is InChI=1S/C15H17N3O2S/c19-15(14-8-16-11-21-14)18-5-6-20-10-12(9-18)7-13-3-1-2-4-17-13/h1-4,8,11-12H,5-7,9-10H2. The van der Waals surface area contributed by atoms with E-state index < -0.39 is 0 Å². The van der Waals surface area contributed by atoms with Crippen molar-refractivity contribution >= 4 is 17.2 Å². The van der Waals surface area contributed by atoms with Crippen molar-refractivity contribution < 1.29 is 9.53 Å². The van der Waals surface area contributed by atoms with Crippen LogP contribution in [0.2, 0.25) is 0 Å². The highest BCUT2D eigenvalue weighted by atomic mass is 32.1. The highest BCUT2D eigenvalue weighted by molar-refractivity contribution is 7.11. The molecule has 1 unspecified atom stereocenters. The molecular formula is C15H17N3O2S. The van der Waals surface area contributed by atoms with Gasteiger partial charge in [-0.2, -0.15) is 0 Å². The quantitative estimate of drug-likeness (QED) is 0.868. The number of pyridine rings is 1. The van der Waals surface area contributed by atoms with E-state index in [0.29, 0.717) is 31.2 Å². The number of hydrogen-bond acceptors (Lipinski definition) is 5. The first-order chi connectivity index (χ1) is 10.3. The molecule has 110 valence electrons. The van der Waals surface area contributed by atoms with Gasteiger partial charge in [-0.25, -0.2) is 0 Å². The predicted molar refractivity (Wildman–Crippen MR) is 80.3 cm³/mol. The summed E-state index contributed by atoms with van der Waals surface area (Å²) in [5, 5.41) is 0. The number of thiazole rings is 1. The van der Waals surface area contributed by atoms with Gasteiger partial charge < -0.3 is 9.64 Å². The third kappa shape index (κ3) is 3.65. The molecule has 0 aromatic carbocycles. The average Bonchev–Trinajstić information content (AvgIpc) is 2.95. The van der Waals surface area contributed by atoms with E-state index in [1.165, 1.54) is 11.3 Å². The Morgan fingerprint density at radius 2 is 2.43 bits per heavy atom. The van der Waals surface area contributed by atoms with E-state index in [9.17, 15) is 4.79 Å². The Balaban J connectivity index is 1.67. The number of nitrogens with zero attached hydrogens (tertiary/aromatic N) is 3. The fourth-order valence-corrected chi connectivity index (χ4v) is 3.07. The number of rotatable bonds is 3. The van der Waals surface area contributed by atoms with Crippen LogP contribution in [0.3, 0.4) is 0 Å². The Bertz CT molecular complexity index is 574. The molecule has 1 amide bonds. The van der Waals surface area contributed by atoms with Crippen molar-refractivity contribution in [1.82, 2.24) is 14.9 Å². The third-order valence-corrected chi connectivity index (χ3v) is 4.25. The Kier molecular flexibility index (Phi) is 4.57. The molecule has 1 atom stereocenters. The summed E-state index contributed by atoms with van der Waals surface area (Å²) in [5.74, 6) is 0.327. The molecule has 6 heteroatoms. The number of carbonyl (C=O) groups excluding carboxylic acids is 1. The zero-order chi connectivity index (χ0) is 14.5. The maximum atomic E-state index is 12.4. The summed E-state index contributed by atoms with van der Waals surface area (Å²) < 4.78 is 5.64. The summed E-state index contributed by atoms with van der Waals surface area (Å²) in [5.41, 5.74) is 2.73. The van der Waals surface area contributed by atoms with Crippen LogP contribution in [0.1, 0.15) is 15.4 Å². The van der Waals surface area contributed by atoms with E-state index >= 15 is 0 Å². The number of carbonyl (C=O) groups is 1. The molecule has 0 aliphatic carbocycles. The van der Waals surface area contributed by atoms with Gasteiger partial charge in [0.2, 0.25) is 0 Å². The molecule has 1 aliphatic rings. The molecule has 21 heavy (non-hydrogen) atoms. The molecule has 1 saturated heterocycles. The van der Waals surface area contributed by atoms with Gasteiger partial charge in [0.25, 0.3) is 5.91 Å². The van der Waals surface area contributed by atoms with Crippen LogP contribution in [0.4, 0.5) is 0 Å². The first-order valence-electron chi connectivity index (χ1n) is 6.98. The lowest BCUT2D eigenvalue weighted by Crippen LogP contribution is -2.36. The Labute approximate surface area is 127 Å². The molecule has 0 saturated carbocycles. The molecule has 5 nitrogen and oxygen atoms in total. The Morgan fingerprint density at radius 1 is 1.48 bits per heavy atom. The van der Waals surface area contributed by atoms with Crippen molar-refractivity contribution in [2.75, 3.05) is 26.3 Å². The van der Waals surface area contributed by atoms with Crippen LogP contribution in [-0.2, 0) is 11.2 Å². The minimum absolute atomic E-state index is 0.0500. The molecule has 3 heterocycles. The fourth-order valence-electron chi connectivity index (χ4n) is 2.48. The SMILES string of the molecule is O=C(c1cncs1)N1CCOCC(Cc2ccccn2)C1. The van der Waals surface area contributed by atoms with Crippen molar-refractivity contribution in [2.24, 2.45) is 5.92 Å². The van der Waals surface area contributed by atoms with Crippen LogP contribution in [-0.4, -0.2) is 47.1 Å². The van der Waals surface area contributed by atoms with Crippen LogP contribution in [0.5, 0.6) is 0 Å². The minimum atomic E-state index is 0.0500. The van der Waals surface area contributed by atoms with E-state index in [-0.39, 0.29) is 11.8 Å². The number of aromatic nitrogens is 2. The number of amides is 1. The summed E-state index contributed by atoms with van der Waals surface area (Å²) in [6, 6.07) is 5.91. The minimum Gasteiger partial charge on any atom is -0.379 e. The zero-order valence-corrected chi connectivity index (χ0v) is 12.5. The van der Waals surface area contributed by atoms with Crippen LogP contribution in [0, 0.1) is 5.92 Å². The fraction of sp³-hybridized carbons (Fsp3) is 0.400. The van der Waals surface area contributed by atoms with Gasteiger partial charge in [0.05, 0.1) is 24.9 Å². The van der Waals surface area contributed by atoms with Crippen LogP contribution in [0.25, 0.3) is 0 Å². The van der Waals surface area contributed by atoms with Gasteiger partial charge in [0.1, 0.15) is 4.88 Å². The lowest BCUT2D eigenvalue weighted by molar-refractivity contribution is 0.0742. The molecule has 3 rings (SSSR count). The monoisotopic (exact) mass is 303 g/mol. The lowest BCUT2D eigenvalue weighted by Gasteiger charge is -2.22. The van der Waals surface area contributed by atoms with Gasteiger partial charge in [-0.15, -0.1) is 11.3 Å². The van der Waals surface area contributed by atoms with Gasteiger partial charge in [0, 0.05) is 30.9 Å². The third-order valence-electron chi connectivity index (χ3n) is 3.49. The van der Waals surface area contributed by atoms with E-state index in [0.717, 1.165) is 12.1 Å². The highest BCUT2D eigenvalue weighted by Crippen LogP contribution is 2.16. The van der Waals surface area contributed by atoms with Crippen LogP contribution >= 0.6 is 11.3 Å². The second-order valence-corrected chi connectivity index (χ2v) is 5.97. The maximum Gasteiger partial charge on any atom is 0.265 e. The number of ether oxygens (including phenoxy) is 1. The Morgan fingerprint density at radius 3 is 3.19 bits per heavy atom. The average molecular weight is 303 g/mol. The van der Waals surface area contributed by atoms with Crippen molar-refractivity contribution in [3.8, 4) is 0 Å². The van der Waals surface area contributed by atoms with E-state index in [1.54, 1.807) is 17.9 Å². The number of hydrogen-bond donors (Lipinski definition) is 0. The van der Waals surface area contributed by atoms with Crippen molar-refractivity contribution in [3.05, 3.63) is 46.7 Å². The van der Waals surface area contributed by atoms with Gasteiger partial charge in [-0.1, -0.05) is 6.07 Å². The summed E-state index contributed by atoms with van der Waals surface area (Å²) in [4.78, 5) is 23.3. The van der Waals surface area contributed by atoms with Gasteiger partial charge in [-0.05, 0) is 18.6 Å². The summed E-state index contributed by atoms with van der Waals surface area (Å²) in [6.45, 7) is 2.59. The second-order valence-electron chi connectivity index (χ2n) is 5.08. The summed E-state index contributed by atoms with van der Waals surface area (Å²) in [7, 11) is 0. The predicted octanol–water partition coefficient (Wildman–Crippen LogP) is 1.87. The Hall–Kier alpha value is -1.79. The maximum absolute atomic E-state index is 12.4. The first kappa shape index (κ1) is 14.2. The molecule has 0 spiro atoms. The topological polar surface area (TPSA) is 55.3 Å². The van der Waals surface area contributed by atoms with Crippen molar-refractivity contribution in [1.29, 1.82) is 0 Å². The molecule has 2 aromatic rings. The highest BCUT2D eigenvalue weighted by Gasteiger charge is 2.24. The molecule has 0 bridgehead atoms. The van der Waals surface area contributed by atoms with Crippen molar-refractivity contribution in [3.63, 3.8) is 0 Å². The molecule has 1 aliphatic heterocycles. The smallest absolute Gasteiger partial charge is 0.265 e. The van der Waals surface area contributed by atoms with Crippen LogP contribution < -0.4 is 0 Å². The molecular weight excluding hydrogens is 286 g/mol. The summed E-state index contributed by atoms with van der Waals surface area (Å²) >= 11 is 1.38. The molecule has 0 N–H and O–H groups in total. The molecule has 0 radical (unpaired) electrons. The van der Waals surface area contributed by atoms with E-state index in [1.807, 2.05) is 23.1 Å². The summed E-state index contributed by atoms with van der Waals surface area (Å²) in [6.07, 6.45) is 4.26.